The summed E-state index contributed by atoms with van der Waals surface area (Å²) in [7, 11) is 6.09. The lowest BCUT2D eigenvalue weighted by Gasteiger charge is -2.40. The molecule has 4 aliphatic rings. The summed E-state index contributed by atoms with van der Waals surface area (Å²) in [5.41, 5.74) is -1.46. The number of carboxylic acid groups (broad SMARTS) is 1. The smallest absolute Gasteiger partial charge is 0.408 e. The largest absolute Gasteiger partial charge is 0.481 e. The first-order valence-electron chi connectivity index (χ1n) is 28.3. The van der Waals surface area contributed by atoms with Gasteiger partial charge in [-0.05, 0) is 109 Å². The molecule has 0 heterocycles. The Labute approximate surface area is 471 Å². The van der Waals surface area contributed by atoms with E-state index in [1.54, 1.807) is 34.9 Å². The molecule has 2 aromatic rings. The molecular formula is C60H86N6O14. The zero-order valence-electron chi connectivity index (χ0n) is 48.4. The Bertz CT molecular complexity index is 2480. The lowest BCUT2D eigenvalue weighted by atomic mass is 9.90. The van der Waals surface area contributed by atoms with E-state index in [2.05, 4.69) is 10.6 Å². The molecule has 20 nitrogen and oxygen atoms in total. The fraction of sp³-hybridized carbons (Fsp3) is 0.633. The second kappa shape index (κ2) is 29.0. The molecule has 6 rings (SSSR count). The van der Waals surface area contributed by atoms with Crippen molar-refractivity contribution in [1.29, 1.82) is 0 Å². The predicted octanol–water partition coefficient (Wildman–Crippen LogP) is 7.52. The Morgan fingerprint density at radius 2 is 0.875 bits per heavy atom. The van der Waals surface area contributed by atoms with Crippen molar-refractivity contribution in [2.75, 3.05) is 28.2 Å². The van der Waals surface area contributed by atoms with Crippen molar-refractivity contribution in [3.8, 4) is 0 Å². The molecule has 0 aliphatic heterocycles. The molecule has 0 radical (unpaired) electrons. The number of aliphatic carboxylic acids is 1. The summed E-state index contributed by atoms with van der Waals surface area (Å²) in [6.45, 7) is 7.96. The first-order chi connectivity index (χ1) is 37.8. The molecule has 20 heteroatoms. The molecule has 4 fully saturated rings. The summed E-state index contributed by atoms with van der Waals surface area (Å²) in [5.74, 6) is -4.35. The normalized spacial score (nSPS) is 18.2. The van der Waals surface area contributed by atoms with Gasteiger partial charge in [-0.3, -0.25) is 38.4 Å². The number of rotatable bonds is 22. The van der Waals surface area contributed by atoms with Crippen molar-refractivity contribution in [2.24, 2.45) is 11.8 Å². The fourth-order valence-electron chi connectivity index (χ4n) is 12.0. The number of nitrogens with zero attached hydrogens (tertiary/aromatic N) is 4. The monoisotopic (exact) mass is 1110 g/mol. The second-order valence-corrected chi connectivity index (χ2v) is 23.3. The molecule has 440 valence electrons. The van der Waals surface area contributed by atoms with Crippen LogP contribution in [0.3, 0.4) is 0 Å². The number of carboxylic acids is 1. The van der Waals surface area contributed by atoms with Gasteiger partial charge in [-0.25, -0.2) is 9.59 Å². The maximum Gasteiger partial charge on any atom is 0.408 e. The number of Topliss-reactive ketones (excluding diaryl/α,β-unsaturated/α-hetero) is 2. The zero-order valence-corrected chi connectivity index (χ0v) is 48.4. The van der Waals surface area contributed by atoms with Crippen molar-refractivity contribution in [2.45, 2.75) is 204 Å². The van der Waals surface area contributed by atoms with Crippen LogP contribution in [0.2, 0.25) is 0 Å². The van der Waals surface area contributed by atoms with Gasteiger partial charge in [-0.2, -0.15) is 0 Å². The molecule has 80 heavy (non-hydrogen) atoms. The molecular weight excluding hydrogens is 1030 g/mol. The van der Waals surface area contributed by atoms with Gasteiger partial charge in [0.1, 0.15) is 54.1 Å². The number of carbonyl (C=O) groups excluding carboxylic acids is 9. The van der Waals surface area contributed by atoms with Crippen molar-refractivity contribution >= 4 is 59.3 Å². The van der Waals surface area contributed by atoms with Crippen LogP contribution in [-0.2, 0) is 65.8 Å². The lowest BCUT2D eigenvalue weighted by Crippen LogP contribution is -2.63. The van der Waals surface area contributed by atoms with Gasteiger partial charge in [-0.1, -0.05) is 112 Å². The van der Waals surface area contributed by atoms with E-state index >= 15 is 0 Å². The van der Waals surface area contributed by atoms with Crippen LogP contribution in [0.5, 0.6) is 0 Å². The number of ketones is 2. The van der Waals surface area contributed by atoms with E-state index in [0.717, 1.165) is 88.2 Å². The van der Waals surface area contributed by atoms with Crippen LogP contribution in [0.4, 0.5) is 9.59 Å². The van der Waals surface area contributed by atoms with E-state index in [9.17, 15) is 53.1 Å². The quantitative estimate of drug-likeness (QED) is 0.0761. The highest BCUT2D eigenvalue weighted by Crippen LogP contribution is 2.38. The standard InChI is InChI=1S/C32H47N3O7.C28H39N3O7/c1-22(36)25(20-26(37)42-31(2,3)4)34(5)28(38)27(24-16-10-11-17-24)35(6)29(39)32(18-12-13-19-32)33-30(40)41-21-23-14-8-7-9-15-23;1-19(32)22(17-23(33)34)30(2)25(35)24(21-13-7-8-14-21)31(3)26(36)28(15-9-10-16-28)29-27(37)38-18-20-11-5-4-6-12-20/h7-9,14-15,24-25,27H,10-13,16-21H2,1-6H3,(H,33,40);4-6,11-12,21-22,24H,7-10,13-18H2,1-3H3,(H,29,37)(H,33,34)/t25-,27-;22-,24-/m00/s1. The molecule has 0 spiro atoms. The Kier molecular flexibility index (Phi) is 23.2. The molecule has 0 unspecified atom stereocenters. The predicted molar refractivity (Wildman–Crippen MR) is 296 cm³/mol. The minimum absolute atomic E-state index is 0.0662. The van der Waals surface area contributed by atoms with Gasteiger partial charge in [0.15, 0.2) is 11.6 Å². The van der Waals surface area contributed by atoms with Crippen LogP contribution < -0.4 is 10.6 Å². The number of hydrogen-bond acceptors (Lipinski definition) is 13. The topological polar surface area (TPSA) is 256 Å². The average Bonchev–Trinajstić information content (AvgIpc) is 4.34. The Morgan fingerprint density at radius 1 is 0.537 bits per heavy atom. The molecule has 0 saturated heterocycles. The maximum absolute atomic E-state index is 14.2. The van der Waals surface area contributed by atoms with Crippen LogP contribution in [0.1, 0.15) is 161 Å². The van der Waals surface area contributed by atoms with Crippen molar-refractivity contribution in [3.05, 3.63) is 71.8 Å². The number of likely N-dealkylation sites (N-methyl/N-ethyl adjacent to an activating group) is 4. The van der Waals surface area contributed by atoms with Gasteiger partial charge in [0.05, 0.1) is 12.8 Å². The first kappa shape index (κ1) is 64.0. The molecule has 2 aromatic carbocycles. The molecule has 6 amide bonds. The van der Waals surface area contributed by atoms with Crippen LogP contribution in [0, 0.1) is 11.8 Å². The number of benzene rings is 2. The van der Waals surface area contributed by atoms with Gasteiger partial charge in [0, 0.05) is 28.2 Å². The third-order valence-electron chi connectivity index (χ3n) is 16.2. The molecule has 3 N–H and O–H groups in total. The van der Waals surface area contributed by atoms with E-state index in [-0.39, 0.29) is 49.1 Å². The summed E-state index contributed by atoms with van der Waals surface area (Å²) in [6.07, 6.45) is 9.26. The summed E-state index contributed by atoms with van der Waals surface area (Å²) < 4.78 is 16.3. The fourth-order valence-corrected chi connectivity index (χ4v) is 12.0. The van der Waals surface area contributed by atoms with Crippen LogP contribution >= 0.6 is 0 Å². The Hall–Kier alpha value is -6.86. The SMILES string of the molecule is CC(=O)[C@H](CC(=O)O)N(C)C(=O)[C@H](C1CCCC1)N(C)C(=O)C1(NC(=O)OCc2ccccc2)CCCC1.CC(=O)[C@H](CC(=O)OC(C)(C)C)N(C)C(=O)[C@H](C1CCCC1)N(C)C(=O)C1(NC(=O)OCc2ccccc2)CCCC1. The third-order valence-corrected chi connectivity index (χ3v) is 16.2. The van der Waals surface area contributed by atoms with Crippen molar-refractivity contribution < 1.29 is 67.3 Å². The highest BCUT2D eigenvalue weighted by Gasteiger charge is 2.51. The zero-order chi connectivity index (χ0) is 59.0. The average molecular weight is 1120 g/mol. The van der Waals surface area contributed by atoms with Gasteiger partial charge in [-0.15, -0.1) is 0 Å². The first-order valence-corrected chi connectivity index (χ1v) is 28.3. The highest BCUT2D eigenvalue weighted by atomic mass is 16.6. The van der Waals surface area contributed by atoms with Gasteiger partial charge in [0.2, 0.25) is 23.6 Å². The Balaban J connectivity index is 0.000000295. The maximum atomic E-state index is 14.2. The van der Waals surface area contributed by atoms with E-state index in [4.69, 9.17) is 14.2 Å². The summed E-state index contributed by atoms with van der Waals surface area (Å²) in [5, 5.41) is 15.0. The summed E-state index contributed by atoms with van der Waals surface area (Å²) >= 11 is 0. The summed E-state index contributed by atoms with van der Waals surface area (Å²) in [6, 6.07) is 14.7. The molecule has 0 aromatic heterocycles. The van der Waals surface area contributed by atoms with E-state index < -0.39 is 89.0 Å². The molecule has 4 atom stereocenters. The number of hydrogen-bond donors (Lipinski definition) is 3. The molecule has 4 saturated carbocycles. The number of amides is 6. The lowest BCUT2D eigenvalue weighted by molar-refractivity contribution is -0.160. The highest BCUT2D eigenvalue weighted by molar-refractivity contribution is 5.98. The van der Waals surface area contributed by atoms with Crippen LogP contribution in [0.15, 0.2) is 60.7 Å². The van der Waals surface area contributed by atoms with E-state index in [1.165, 1.54) is 47.5 Å². The molecule has 0 bridgehead atoms. The third kappa shape index (κ3) is 17.3. The van der Waals surface area contributed by atoms with Gasteiger partial charge in [0.25, 0.3) is 0 Å². The number of carbonyl (C=O) groups is 10. The van der Waals surface area contributed by atoms with E-state index in [1.807, 2.05) is 60.7 Å². The van der Waals surface area contributed by atoms with Crippen molar-refractivity contribution in [3.63, 3.8) is 0 Å². The van der Waals surface area contributed by atoms with Gasteiger partial charge >= 0.3 is 24.1 Å². The minimum atomic E-state index is -1.20. The van der Waals surface area contributed by atoms with Crippen LogP contribution in [0.25, 0.3) is 0 Å². The number of alkyl carbamates (subject to hydrolysis) is 2. The Morgan fingerprint density at radius 3 is 1.19 bits per heavy atom. The number of nitrogens with one attached hydrogen (secondary N) is 2. The number of ether oxygens (including phenoxy) is 3. The minimum Gasteiger partial charge on any atom is -0.481 e. The van der Waals surface area contributed by atoms with E-state index in [0.29, 0.717) is 25.7 Å². The summed E-state index contributed by atoms with van der Waals surface area (Å²) in [4.78, 5) is 136. The van der Waals surface area contributed by atoms with Crippen LogP contribution in [-0.4, -0.2) is 153 Å². The second-order valence-electron chi connectivity index (χ2n) is 23.3. The van der Waals surface area contributed by atoms with Gasteiger partial charge < -0.3 is 49.6 Å². The number of esters is 1. The van der Waals surface area contributed by atoms with Crippen molar-refractivity contribution in [1.82, 2.24) is 30.2 Å². The molecule has 4 aliphatic carbocycles.